The molecule has 4 aliphatic rings. The smallest absolute Gasteiger partial charge is 0.139 e. The lowest BCUT2D eigenvalue weighted by atomic mass is 9.46. The number of rotatable bonds is 1. The third-order valence-corrected chi connectivity index (χ3v) is 8.12. The van der Waals surface area contributed by atoms with Gasteiger partial charge in [-0.2, -0.15) is 0 Å². The summed E-state index contributed by atoms with van der Waals surface area (Å²) in [4.78, 5) is 12.5. The van der Waals surface area contributed by atoms with Crippen molar-refractivity contribution in [2.75, 3.05) is 6.61 Å². The molecule has 4 aliphatic carbocycles. The third kappa shape index (κ3) is 1.99. The van der Waals surface area contributed by atoms with E-state index in [-0.39, 0.29) is 23.5 Å². The van der Waals surface area contributed by atoms with Crippen LogP contribution in [0.2, 0.25) is 0 Å². The fourth-order valence-electron chi connectivity index (χ4n) is 6.87. The summed E-state index contributed by atoms with van der Waals surface area (Å²) in [5.41, 5.74) is 1.06. The molecule has 3 saturated carbocycles. The van der Waals surface area contributed by atoms with Gasteiger partial charge in [-0.05, 0) is 62.2 Å². The third-order valence-electron chi connectivity index (χ3n) is 8.12. The van der Waals surface area contributed by atoms with Crippen LogP contribution in [-0.2, 0) is 4.79 Å². The highest BCUT2D eigenvalue weighted by molar-refractivity contribution is 5.87. The molecule has 3 fully saturated rings. The average molecular weight is 318 g/mol. The maximum Gasteiger partial charge on any atom is 0.139 e. The maximum absolute atomic E-state index is 12.5. The molecule has 0 spiro atoms. The number of hydrogen-bond acceptors (Lipinski definition) is 3. The van der Waals surface area contributed by atoms with Gasteiger partial charge in [0.15, 0.2) is 0 Å². The summed E-state index contributed by atoms with van der Waals surface area (Å²) in [6.07, 6.45) is 8.38. The molecule has 3 nitrogen and oxygen atoms in total. The molecular weight excluding hydrogens is 288 g/mol. The fraction of sp³-hybridized carbons (Fsp3) is 0.850. The van der Waals surface area contributed by atoms with E-state index in [1.807, 2.05) is 0 Å². The Bertz CT molecular complexity index is 553. The van der Waals surface area contributed by atoms with Gasteiger partial charge in [-0.15, -0.1) is 0 Å². The zero-order valence-corrected chi connectivity index (χ0v) is 14.4. The van der Waals surface area contributed by atoms with Crippen molar-refractivity contribution in [1.29, 1.82) is 0 Å². The van der Waals surface area contributed by atoms with Gasteiger partial charge in [-0.25, -0.2) is 0 Å². The Morgan fingerprint density at radius 3 is 2.74 bits per heavy atom. The predicted molar refractivity (Wildman–Crippen MR) is 88.7 cm³/mol. The number of aliphatic hydroxyl groups is 2. The zero-order valence-electron chi connectivity index (χ0n) is 14.4. The van der Waals surface area contributed by atoms with E-state index in [1.165, 1.54) is 5.57 Å². The van der Waals surface area contributed by atoms with Crippen molar-refractivity contribution in [2.45, 2.75) is 64.9 Å². The van der Waals surface area contributed by atoms with Crippen LogP contribution < -0.4 is 0 Å². The second-order valence-electron chi connectivity index (χ2n) is 8.97. The van der Waals surface area contributed by atoms with Crippen LogP contribution in [0.15, 0.2) is 11.6 Å². The summed E-state index contributed by atoms with van der Waals surface area (Å²) >= 11 is 0. The van der Waals surface area contributed by atoms with Crippen molar-refractivity contribution in [2.24, 2.45) is 34.5 Å². The molecule has 0 aliphatic heterocycles. The van der Waals surface area contributed by atoms with Crippen molar-refractivity contribution in [3.8, 4) is 0 Å². The Balaban J connectivity index is 1.77. The minimum absolute atomic E-state index is 0.119. The Hall–Kier alpha value is -0.670. The highest BCUT2D eigenvalue weighted by Crippen LogP contribution is 2.65. The van der Waals surface area contributed by atoms with Crippen LogP contribution in [-0.4, -0.2) is 28.7 Å². The number of fused-ring (bicyclic) bond motifs is 5. The SMILES string of the molecule is CC1C=C2CC(O)CC[C@]2(CO)[C@@H]2CC[C@]3(C)C(=O)CC[C@H]3[C@H]12. The van der Waals surface area contributed by atoms with Crippen molar-refractivity contribution < 1.29 is 15.0 Å². The van der Waals surface area contributed by atoms with Gasteiger partial charge in [-0.1, -0.05) is 25.5 Å². The molecule has 0 amide bonds. The van der Waals surface area contributed by atoms with Crippen molar-refractivity contribution in [3.63, 3.8) is 0 Å². The lowest BCUT2D eigenvalue weighted by Crippen LogP contribution is -2.55. The van der Waals surface area contributed by atoms with Gasteiger partial charge in [0, 0.05) is 17.3 Å². The number of allylic oxidation sites excluding steroid dienone is 1. The minimum Gasteiger partial charge on any atom is -0.395 e. The second-order valence-corrected chi connectivity index (χ2v) is 8.97. The molecule has 2 N–H and O–H groups in total. The van der Waals surface area contributed by atoms with Gasteiger partial charge in [0.1, 0.15) is 5.78 Å². The van der Waals surface area contributed by atoms with Crippen LogP contribution >= 0.6 is 0 Å². The highest BCUT2D eigenvalue weighted by Gasteiger charge is 2.61. The standard InChI is InChI=1S/C20H30O3/c1-12-9-13-10-14(22)5-8-20(13,11-21)16-6-7-19(2)15(18(12)16)3-4-17(19)23/h9,12,14-16,18,21-22H,3-8,10-11H2,1-2H3/t12?,14?,15-,16+,18-,19-,20+/m0/s1. The predicted octanol–water partition coefficient (Wildman–Crippen LogP) is 3.10. The van der Waals surface area contributed by atoms with E-state index < -0.39 is 0 Å². The summed E-state index contributed by atoms with van der Waals surface area (Å²) in [7, 11) is 0. The summed E-state index contributed by atoms with van der Waals surface area (Å²) < 4.78 is 0. The lowest BCUT2D eigenvalue weighted by molar-refractivity contribution is -0.134. The molecule has 0 heterocycles. The van der Waals surface area contributed by atoms with Crippen LogP contribution in [0.1, 0.15) is 58.8 Å². The van der Waals surface area contributed by atoms with Crippen LogP contribution in [0.5, 0.6) is 0 Å². The van der Waals surface area contributed by atoms with Crippen LogP contribution in [0.3, 0.4) is 0 Å². The molecule has 0 aromatic heterocycles. The Morgan fingerprint density at radius 2 is 2.00 bits per heavy atom. The van der Waals surface area contributed by atoms with Crippen LogP contribution in [0.4, 0.5) is 0 Å². The molecule has 0 aromatic carbocycles. The summed E-state index contributed by atoms with van der Waals surface area (Å²) in [5, 5.41) is 20.5. The monoisotopic (exact) mass is 318 g/mol. The van der Waals surface area contributed by atoms with Crippen LogP contribution in [0.25, 0.3) is 0 Å². The van der Waals surface area contributed by atoms with E-state index >= 15 is 0 Å². The first-order chi connectivity index (χ1) is 10.9. The number of carbonyl (C=O) groups is 1. The number of carbonyl (C=O) groups excluding carboxylic acids is 1. The molecule has 7 atom stereocenters. The molecule has 4 rings (SSSR count). The number of Topliss-reactive ketones (excluding diaryl/α,β-unsaturated/α-hetero) is 1. The first kappa shape index (κ1) is 15.8. The lowest BCUT2D eigenvalue weighted by Gasteiger charge is -2.59. The fourth-order valence-corrected chi connectivity index (χ4v) is 6.87. The van der Waals surface area contributed by atoms with Crippen molar-refractivity contribution in [1.82, 2.24) is 0 Å². The van der Waals surface area contributed by atoms with Crippen molar-refractivity contribution in [3.05, 3.63) is 11.6 Å². The molecule has 128 valence electrons. The van der Waals surface area contributed by atoms with Gasteiger partial charge < -0.3 is 10.2 Å². The summed E-state index contributed by atoms with van der Waals surface area (Å²) in [6.45, 7) is 4.70. The topological polar surface area (TPSA) is 57.5 Å². The summed E-state index contributed by atoms with van der Waals surface area (Å²) in [5.74, 6) is 2.41. The van der Waals surface area contributed by atoms with Gasteiger partial charge >= 0.3 is 0 Å². The summed E-state index contributed by atoms with van der Waals surface area (Å²) in [6, 6.07) is 0. The number of hydrogen-bond donors (Lipinski definition) is 2. The molecule has 3 heteroatoms. The molecule has 0 aromatic rings. The first-order valence-electron chi connectivity index (χ1n) is 9.46. The Kier molecular flexibility index (Phi) is 3.55. The maximum atomic E-state index is 12.5. The first-order valence-corrected chi connectivity index (χ1v) is 9.46. The molecular formula is C20H30O3. The molecule has 2 unspecified atom stereocenters. The van der Waals surface area contributed by atoms with E-state index in [9.17, 15) is 15.0 Å². The van der Waals surface area contributed by atoms with E-state index in [0.29, 0.717) is 29.5 Å². The molecule has 0 radical (unpaired) electrons. The largest absolute Gasteiger partial charge is 0.395 e. The van der Waals surface area contributed by atoms with E-state index in [1.54, 1.807) is 0 Å². The van der Waals surface area contributed by atoms with Gasteiger partial charge in [-0.3, -0.25) is 4.79 Å². The normalized spacial score (nSPS) is 52.4. The second kappa shape index (κ2) is 5.16. The highest BCUT2D eigenvalue weighted by atomic mass is 16.3. The van der Waals surface area contributed by atoms with Crippen molar-refractivity contribution >= 4 is 5.78 Å². The molecule has 23 heavy (non-hydrogen) atoms. The number of ketones is 1. The Labute approximate surface area is 139 Å². The zero-order chi connectivity index (χ0) is 16.4. The van der Waals surface area contributed by atoms with E-state index in [0.717, 1.165) is 44.9 Å². The quantitative estimate of drug-likeness (QED) is 0.731. The number of aliphatic hydroxyl groups excluding tert-OH is 2. The van der Waals surface area contributed by atoms with Crippen LogP contribution in [0, 0.1) is 34.5 Å². The van der Waals surface area contributed by atoms with Gasteiger partial charge in [0.25, 0.3) is 0 Å². The molecule has 0 bridgehead atoms. The Morgan fingerprint density at radius 1 is 1.22 bits per heavy atom. The van der Waals surface area contributed by atoms with Gasteiger partial charge in [0.05, 0.1) is 12.7 Å². The molecule has 0 saturated heterocycles. The van der Waals surface area contributed by atoms with Gasteiger partial charge in [0.2, 0.25) is 0 Å². The average Bonchev–Trinajstić information content (AvgIpc) is 2.83. The van der Waals surface area contributed by atoms with E-state index in [2.05, 4.69) is 19.9 Å². The minimum atomic E-state index is -0.244. The van der Waals surface area contributed by atoms with E-state index in [4.69, 9.17) is 0 Å².